The Morgan fingerprint density at radius 2 is 1.80 bits per heavy atom. The van der Waals surface area contributed by atoms with Crippen molar-refractivity contribution in [3.63, 3.8) is 0 Å². The molecule has 0 spiro atoms. The summed E-state index contributed by atoms with van der Waals surface area (Å²) < 4.78 is 44.6. The van der Waals surface area contributed by atoms with Gasteiger partial charge in [0.25, 0.3) is 0 Å². The zero-order valence-electron chi connectivity index (χ0n) is 24.5. The van der Waals surface area contributed by atoms with Gasteiger partial charge in [0, 0.05) is 23.2 Å². The molecule has 2 amide bonds. The van der Waals surface area contributed by atoms with Crippen molar-refractivity contribution in [2.24, 2.45) is 4.99 Å². The van der Waals surface area contributed by atoms with Crippen LogP contribution in [0.3, 0.4) is 0 Å². The highest BCUT2D eigenvalue weighted by Gasteiger charge is 2.31. The maximum Gasteiger partial charge on any atom is 0.573 e. The Kier molecular flexibility index (Phi) is 9.15. The van der Waals surface area contributed by atoms with Crippen molar-refractivity contribution in [2.75, 3.05) is 6.54 Å². The summed E-state index contributed by atoms with van der Waals surface area (Å²) >= 11 is 1.37. The molecule has 9 nitrogen and oxygen atoms in total. The first-order chi connectivity index (χ1) is 21.5. The molecule has 1 atom stereocenters. The second-order valence-electron chi connectivity index (χ2n) is 10.4. The van der Waals surface area contributed by atoms with Gasteiger partial charge in [-0.3, -0.25) is 4.57 Å². The van der Waals surface area contributed by atoms with E-state index in [1.54, 1.807) is 24.3 Å². The largest absolute Gasteiger partial charge is 0.573 e. The predicted molar refractivity (Wildman–Crippen MR) is 163 cm³/mol. The highest BCUT2D eigenvalue weighted by Crippen LogP contribution is 2.26. The second kappa shape index (κ2) is 13.2. The van der Waals surface area contributed by atoms with Crippen molar-refractivity contribution in [2.45, 2.75) is 39.0 Å². The molecule has 230 valence electrons. The number of rotatable bonds is 8. The van der Waals surface area contributed by atoms with Crippen LogP contribution in [-0.2, 0) is 0 Å². The Balaban J connectivity index is 1.25. The molecule has 0 saturated carbocycles. The van der Waals surface area contributed by atoms with Gasteiger partial charge < -0.3 is 10.1 Å². The number of carbonyl (C=O) groups is 1. The van der Waals surface area contributed by atoms with Crippen LogP contribution in [0.4, 0.5) is 18.0 Å². The van der Waals surface area contributed by atoms with Crippen LogP contribution in [0.1, 0.15) is 42.5 Å². The van der Waals surface area contributed by atoms with Gasteiger partial charge in [-0.1, -0.05) is 56.3 Å². The molecule has 0 saturated heterocycles. The number of nitrogens with one attached hydrogen (secondary N) is 1. The number of nitrogens with zero attached hydrogens (tertiary/aromatic N) is 6. The lowest BCUT2D eigenvalue weighted by Gasteiger charge is -2.15. The number of benzene rings is 3. The van der Waals surface area contributed by atoms with Crippen LogP contribution >= 0.6 is 11.3 Å². The summed E-state index contributed by atoms with van der Waals surface area (Å²) in [6.45, 7) is 6.26. The molecule has 0 aliphatic carbocycles. The summed E-state index contributed by atoms with van der Waals surface area (Å²) in [4.78, 5) is 22.0. The first-order valence-electron chi connectivity index (χ1n) is 13.9. The van der Waals surface area contributed by atoms with Crippen molar-refractivity contribution < 1.29 is 22.7 Å². The number of para-hydroxylation sites is 1. The van der Waals surface area contributed by atoms with Gasteiger partial charge in [0.15, 0.2) is 10.6 Å². The minimum atomic E-state index is -4.77. The van der Waals surface area contributed by atoms with Crippen molar-refractivity contribution in [1.82, 2.24) is 24.6 Å². The molecular weight excluding hydrogens is 603 g/mol. The number of hydrogen-bond donors (Lipinski definition) is 1. The topological polar surface area (TPSA) is 110 Å². The third-order valence-electron chi connectivity index (χ3n) is 6.89. The third-order valence-corrected chi connectivity index (χ3v) is 7.83. The summed E-state index contributed by atoms with van der Waals surface area (Å²) in [5, 5.41) is 18.9. The van der Waals surface area contributed by atoms with Gasteiger partial charge >= 0.3 is 12.4 Å². The fourth-order valence-corrected chi connectivity index (χ4v) is 5.55. The van der Waals surface area contributed by atoms with E-state index in [9.17, 15) is 23.2 Å². The quantitative estimate of drug-likeness (QED) is 0.198. The number of amides is 2. The lowest BCUT2D eigenvalue weighted by Crippen LogP contribution is -2.28. The number of carbonyl (C=O) groups excluding carboxylic acids is 1. The molecule has 0 aliphatic heterocycles. The number of halogens is 3. The highest BCUT2D eigenvalue weighted by molar-refractivity contribution is 7.07. The average Bonchev–Trinajstić information content (AvgIpc) is 3.64. The summed E-state index contributed by atoms with van der Waals surface area (Å²) in [6, 6.07) is 22.0. The molecule has 45 heavy (non-hydrogen) atoms. The van der Waals surface area contributed by atoms with Crippen LogP contribution in [0.2, 0.25) is 0 Å². The summed E-state index contributed by atoms with van der Waals surface area (Å²) in [5.74, 6) is -0.292. The van der Waals surface area contributed by atoms with Crippen LogP contribution in [-0.4, -0.2) is 38.3 Å². The Morgan fingerprint density at radius 3 is 2.47 bits per heavy atom. The van der Waals surface area contributed by atoms with Crippen molar-refractivity contribution in [1.29, 1.82) is 5.26 Å². The Morgan fingerprint density at radius 1 is 1.09 bits per heavy atom. The smallest absolute Gasteiger partial charge is 0.406 e. The molecule has 5 aromatic rings. The van der Waals surface area contributed by atoms with Crippen LogP contribution in [0.25, 0.3) is 22.8 Å². The Bertz CT molecular complexity index is 1900. The second-order valence-corrected chi connectivity index (χ2v) is 11.2. The Hall–Kier alpha value is -5.22. The lowest BCUT2D eigenvalue weighted by molar-refractivity contribution is -0.274. The van der Waals surface area contributed by atoms with Crippen LogP contribution < -0.4 is 14.9 Å². The van der Waals surface area contributed by atoms with Gasteiger partial charge in [0.05, 0.1) is 23.4 Å². The number of thiazole rings is 1. The van der Waals surface area contributed by atoms with Gasteiger partial charge in [0.1, 0.15) is 12.1 Å². The molecule has 1 unspecified atom stereocenters. The maximum atomic E-state index is 12.8. The number of ether oxygens (including phenoxy) is 1. The minimum Gasteiger partial charge on any atom is -0.406 e. The summed E-state index contributed by atoms with van der Waals surface area (Å²) in [6.07, 6.45) is -3.33. The molecule has 0 bridgehead atoms. The van der Waals surface area contributed by atoms with E-state index in [2.05, 4.69) is 51.1 Å². The van der Waals surface area contributed by atoms with Crippen LogP contribution in [0.5, 0.6) is 5.75 Å². The first-order valence-corrected chi connectivity index (χ1v) is 14.8. The van der Waals surface area contributed by atoms with Crippen molar-refractivity contribution in [3.05, 3.63) is 106 Å². The average molecular weight is 632 g/mol. The zero-order chi connectivity index (χ0) is 32.1. The number of alkyl halides is 3. The number of nitriles is 1. The molecule has 2 heterocycles. The van der Waals surface area contributed by atoms with E-state index in [0.717, 1.165) is 16.9 Å². The highest BCUT2D eigenvalue weighted by atomic mass is 32.1. The van der Waals surface area contributed by atoms with Crippen LogP contribution in [0.15, 0.2) is 89.5 Å². The van der Waals surface area contributed by atoms with E-state index in [1.807, 2.05) is 35.1 Å². The SMILES string of the molecule is Cc1csc(=NC(=O)NCC(C#N)c2ccc(-c3ncn(-c4ccc(OC(F)(F)F)cc4)n3)cc2)n1-c1ccccc1C(C)C. The van der Waals surface area contributed by atoms with E-state index in [-0.39, 0.29) is 18.2 Å². The summed E-state index contributed by atoms with van der Waals surface area (Å²) in [5.41, 5.74) is 4.93. The molecule has 13 heteroatoms. The number of aryl methyl sites for hydroxylation is 1. The molecular formula is C32H28F3N7O2S. The minimum absolute atomic E-state index is 0.0616. The lowest BCUT2D eigenvalue weighted by atomic mass is 9.99. The third kappa shape index (κ3) is 7.47. The molecule has 5 rings (SSSR count). The van der Waals surface area contributed by atoms with E-state index in [4.69, 9.17) is 0 Å². The number of urea groups is 1. The van der Waals surface area contributed by atoms with Gasteiger partial charge in [-0.25, -0.2) is 14.5 Å². The van der Waals surface area contributed by atoms with Crippen molar-refractivity contribution >= 4 is 17.4 Å². The van der Waals surface area contributed by atoms with Gasteiger partial charge in [0.2, 0.25) is 0 Å². The standard InChI is InChI=1S/C32H28F3N7O2S/c1-20(2)27-6-4-5-7-28(27)42-21(3)18-45-31(42)39-30(43)37-17-24(16-36)22-8-10-23(11-9-22)29-38-19-41(40-29)25-12-14-26(15-13-25)44-32(33,34)35/h4-15,18-20,24H,17H2,1-3H3,(H,37,43). The summed E-state index contributed by atoms with van der Waals surface area (Å²) in [7, 11) is 0. The van der Waals surface area contributed by atoms with E-state index in [0.29, 0.717) is 27.4 Å². The molecule has 0 fully saturated rings. The predicted octanol–water partition coefficient (Wildman–Crippen LogP) is 7.03. The normalized spacial score (nSPS) is 12.6. The van der Waals surface area contributed by atoms with Gasteiger partial charge in [-0.2, -0.15) is 10.3 Å². The molecule has 0 aliphatic rings. The fraction of sp³-hybridized carbons (Fsp3) is 0.219. The zero-order valence-corrected chi connectivity index (χ0v) is 25.3. The molecule has 0 radical (unpaired) electrons. The van der Waals surface area contributed by atoms with E-state index < -0.39 is 18.3 Å². The maximum absolute atomic E-state index is 12.8. The van der Waals surface area contributed by atoms with Gasteiger partial charge in [-0.05, 0) is 54.3 Å². The molecule has 2 aromatic heterocycles. The van der Waals surface area contributed by atoms with Crippen molar-refractivity contribution in [3.8, 4) is 34.6 Å². The molecule has 3 aromatic carbocycles. The number of aromatic nitrogens is 4. The fourth-order valence-electron chi connectivity index (χ4n) is 4.68. The monoisotopic (exact) mass is 631 g/mol. The first kappa shape index (κ1) is 31.2. The number of hydrogen-bond acceptors (Lipinski definition) is 6. The molecule has 1 N–H and O–H groups in total. The van der Waals surface area contributed by atoms with E-state index >= 15 is 0 Å². The van der Waals surface area contributed by atoms with Gasteiger partial charge in [-0.15, -0.1) is 29.6 Å². The Labute approximate surface area is 260 Å². The van der Waals surface area contributed by atoms with Crippen LogP contribution in [0, 0.1) is 18.3 Å². The van der Waals surface area contributed by atoms with E-state index in [1.165, 1.54) is 46.6 Å².